The SMILES string of the molecule is O=[N+]([O-])CCCC1CCCC1. The van der Waals surface area contributed by atoms with Crippen LogP contribution in [0.25, 0.3) is 0 Å². The monoisotopic (exact) mass is 157 g/mol. The molecule has 0 aromatic heterocycles. The highest BCUT2D eigenvalue weighted by molar-refractivity contribution is 4.66. The second-order valence-electron chi connectivity index (χ2n) is 3.35. The van der Waals surface area contributed by atoms with Crippen molar-refractivity contribution >= 4 is 0 Å². The summed E-state index contributed by atoms with van der Waals surface area (Å²) in [6.45, 7) is 0.163. The molecule has 0 saturated heterocycles. The van der Waals surface area contributed by atoms with Crippen molar-refractivity contribution < 1.29 is 4.92 Å². The molecule has 0 bridgehead atoms. The highest BCUT2D eigenvalue weighted by Gasteiger charge is 2.14. The molecule has 0 aromatic rings. The second kappa shape index (κ2) is 4.31. The van der Waals surface area contributed by atoms with Crippen LogP contribution in [0.1, 0.15) is 38.5 Å². The van der Waals surface area contributed by atoms with Crippen LogP contribution in [-0.4, -0.2) is 11.5 Å². The third-order valence-corrected chi connectivity index (χ3v) is 2.43. The van der Waals surface area contributed by atoms with Gasteiger partial charge in [-0.2, -0.15) is 0 Å². The molecule has 0 aliphatic heterocycles. The van der Waals surface area contributed by atoms with Crippen molar-refractivity contribution in [2.75, 3.05) is 6.54 Å². The van der Waals surface area contributed by atoms with Crippen LogP contribution in [-0.2, 0) is 0 Å². The van der Waals surface area contributed by atoms with E-state index in [-0.39, 0.29) is 11.5 Å². The van der Waals surface area contributed by atoms with Crippen molar-refractivity contribution in [3.8, 4) is 0 Å². The molecular weight excluding hydrogens is 142 g/mol. The number of nitrogens with zero attached hydrogens (tertiary/aromatic N) is 1. The summed E-state index contributed by atoms with van der Waals surface area (Å²) in [4.78, 5) is 9.77. The highest BCUT2D eigenvalue weighted by atomic mass is 16.6. The third kappa shape index (κ3) is 3.35. The van der Waals surface area contributed by atoms with E-state index in [0.717, 1.165) is 18.8 Å². The molecule has 1 aliphatic carbocycles. The van der Waals surface area contributed by atoms with Crippen LogP contribution in [0.2, 0.25) is 0 Å². The molecule has 64 valence electrons. The topological polar surface area (TPSA) is 43.1 Å². The molecule has 0 atom stereocenters. The van der Waals surface area contributed by atoms with E-state index in [1.807, 2.05) is 0 Å². The Balaban J connectivity index is 1.98. The summed E-state index contributed by atoms with van der Waals surface area (Å²) < 4.78 is 0. The lowest BCUT2D eigenvalue weighted by Gasteiger charge is -2.04. The minimum atomic E-state index is -0.213. The van der Waals surface area contributed by atoms with Gasteiger partial charge in [0.2, 0.25) is 6.54 Å². The molecule has 1 rings (SSSR count). The van der Waals surface area contributed by atoms with E-state index in [4.69, 9.17) is 0 Å². The molecule has 1 aliphatic rings. The summed E-state index contributed by atoms with van der Waals surface area (Å²) in [5.74, 6) is 0.801. The van der Waals surface area contributed by atoms with Crippen LogP contribution < -0.4 is 0 Å². The Morgan fingerprint density at radius 1 is 1.36 bits per heavy atom. The third-order valence-electron chi connectivity index (χ3n) is 2.43. The average Bonchev–Trinajstić information content (AvgIpc) is 2.39. The van der Waals surface area contributed by atoms with E-state index in [0.29, 0.717) is 0 Å². The first-order chi connectivity index (χ1) is 5.29. The predicted octanol–water partition coefficient (Wildman–Crippen LogP) is 2.23. The highest BCUT2D eigenvalue weighted by Crippen LogP contribution is 2.28. The summed E-state index contributed by atoms with van der Waals surface area (Å²) in [6, 6.07) is 0. The van der Waals surface area contributed by atoms with E-state index in [2.05, 4.69) is 0 Å². The zero-order valence-electron chi connectivity index (χ0n) is 6.79. The molecule has 11 heavy (non-hydrogen) atoms. The quantitative estimate of drug-likeness (QED) is 0.464. The summed E-state index contributed by atoms with van der Waals surface area (Å²) in [7, 11) is 0. The van der Waals surface area contributed by atoms with E-state index in [9.17, 15) is 10.1 Å². The van der Waals surface area contributed by atoms with Gasteiger partial charge in [-0.15, -0.1) is 0 Å². The number of hydrogen-bond donors (Lipinski definition) is 0. The average molecular weight is 157 g/mol. The van der Waals surface area contributed by atoms with Gasteiger partial charge in [0.1, 0.15) is 0 Å². The van der Waals surface area contributed by atoms with Crippen molar-refractivity contribution in [2.24, 2.45) is 5.92 Å². The summed E-state index contributed by atoms with van der Waals surface area (Å²) in [5.41, 5.74) is 0. The van der Waals surface area contributed by atoms with E-state index < -0.39 is 0 Å². The predicted molar refractivity (Wildman–Crippen MR) is 43.1 cm³/mol. The van der Waals surface area contributed by atoms with Gasteiger partial charge in [-0.25, -0.2) is 0 Å². The molecule has 3 nitrogen and oxygen atoms in total. The molecule has 1 fully saturated rings. The lowest BCUT2D eigenvalue weighted by atomic mass is 10.0. The van der Waals surface area contributed by atoms with Crippen LogP contribution in [0.4, 0.5) is 0 Å². The first-order valence-electron chi connectivity index (χ1n) is 4.41. The van der Waals surface area contributed by atoms with Gasteiger partial charge in [-0.05, 0) is 12.3 Å². The van der Waals surface area contributed by atoms with Crippen molar-refractivity contribution in [2.45, 2.75) is 38.5 Å². The Morgan fingerprint density at radius 2 is 2.00 bits per heavy atom. The molecule has 0 heterocycles. The number of hydrogen-bond acceptors (Lipinski definition) is 2. The Bertz CT molecular complexity index is 130. The first-order valence-corrected chi connectivity index (χ1v) is 4.41. The van der Waals surface area contributed by atoms with Gasteiger partial charge in [0.05, 0.1) is 0 Å². The van der Waals surface area contributed by atoms with Crippen LogP contribution in [0.5, 0.6) is 0 Å². The number of nitro groups is 1. The zero-order chi connectivity index (χ0) is 8.10. The first kappa shape index (κ1) is 8.50. The smallest absolute Gasteiger partial charge is 0.203 e. The van der Waals surface area contributed by atoms with Crippen LogP contribution in [0.15, 0.2) is 0 Å². The van der Waals surface area contributed by atoms with Gasteiger partial charge in [0.15, 0.2) is 0 Å². The summed E-state index contributed by atoms with van der Waals surface area (Å²) in [6.07, 6.45) is 7.13. The van der Waals surface area contributed by atoms with Gasteiger partial charge in [-0.3, -0.25) is 10.1 Å². The standard InChI is InChI=1S/C8H15NO2/c10-9(11)7-3-6-8-4-1-2-5-8/h8H,1-7H2. The lowest BCUT2D eigenvalue weighted by molar-refractivity contribution is -0.480. The summed E-state index contributed by atoms with van der Waals surface area (Å²) in [5, 5.41) is 9.98. The summed E-state index contributed by atoms with van der Waals surface area (Å²) >= 11 is 0. The molecule has 0 aromatic carbocycles. The Morgan fingerprint density at radius 3 is 2.55 bits per heavy atom. The maximum absolute atomic E-state index is 9.98. The molecule has 0 N–H and O–H groups in total. The van der Waals surface area contributed by atoms with Crippen molar-refractivity contribution in [3.05, 3.63) is 10.1 Å². The Kier molecular flexibility index (Phi) is 3.33. The van der Waals surface area contributed by atoms with Crippen LogP contribution in [0, 0.1) is 16.0 Å². The minimum Gasteiger partial charge on any atom is -0.265 e. The van der Waals surface area contributed by atoms with Gasteiger partial charge < -0.3 is 0 Å². The second-order valence-corrected chi connectivity index (χ2v) is 3.35. The lowest BCUT2D eigenvalue weighted by Crippen LogP contribution is -2.03. The van der Waals surface area contributed by atoms with Crippen molar-refractivity contribution in [1.82, 2.24) is 0 Å². The van der Waals surface area contributed by atoms with Crippen molar-refractivity contribution in [3.63, 3.8) is 0 Å². The molecule has 0 unspecified atom stereocenters. The van der Waals surface area contributed by atoms with E-state index in [1.165, 1.54) is 25.7 Å². The van der Waals surface area contributed by atoms with Crippen molar-refractivity contribution in [1.29, 1.82) is 0 Å². The fourth-order valence-corrected chi connectivity index (χ4v) is 1.81. The van der Waals surface area contributed by atoms with Gasteiger partial charge in [-0.1, -0.05) is 25.7 Å². The maximum Gasteiger partial charge on any atom is 0.203 e. The minimum absolute atomic E-state index is 0.163. The fourth-order valence-electron chi connectivity index (χ4n) is 1.81. The van der Waals surface area contributed by atoms with Crippen LogP contribution >= 0.6 is 0 Å². The Hall–Kier alpha value is -0.600. The van der Waals surface area contributed by atoms with Gasteiger partial charge in [0.25, 0.3) is 0 Å². The molecule has 1 saturated carbocycles. The molecular formula is C8H15NO2. The number of rotatable bonds is 4. The van der Waals surface area contributed by atoms with Crippen LogP contribution in [0.3, 0.4) is 0 Å². The zero-order valence-corrected chi connectivity index (χ0v) is 6.79. The van der Waals surface area contributed by atoms with Gasteiger partial charge >= 0.3 is 0 Å². The molecule has 0 radical (unpaired) electrons. The van der Waals surface area contributed by atoms with E-state index >= 15 is 0 Å². The molecule has 0 spiro atoms. The molecule has 3 heteroatoms. The Labute approximate surface area is 66.9 Å². The molecule has 0 amide bonds. The van der Waals surface area contributed by atoms with E-state index in [1.54, 1.807) is 0 Å². The fraction of sp³-hybridized carbons (Fsp3) is 1.00. The maximum atomic E-state index is 9.98. The van der Waals surface area contributed by atoms with Gasteiger partial charge in [0, 0.05) is 11.3 Å². The largest absolute Gasteiger partial charge is 0.265 e. The normalized spacial score (nSPS) is 18.9.